The normalized spacial score (nSPS) is 20.5. The standard InChI is InChI=1S/C29H31N3O/c1-31(2)22-17-15-21(16-18-22)27-24-12-7-11-23(24)25-13-8-14-26(28(25)30-27)29(33)32(3)19-20-9-5-4-6-10-20/h4-11,13-18,23-24,27,30H,12,19H2,1-3H3. The van der Waals surface area contributed by atoms with Gasteiger partial charge in [-0.05, 0) is 47.2 Å². The van der Waals surface area contributed by atoms with Crippen LogP contribution in [0.2, 0.25) is 0 Å². The van der Waals surface area contributed by atoms with Crippen molar-refractivity contribution >= 4 is 17.3 Å². The minimum absolute atomic E-state index is 0.0466. The van der Waals surface area contributed by atoms with Crippen molar-refractivity contribution in [1.29, 1.82) is 0 Å². The molecule has 3 aromatic carbocycles. The Morgan fingerprint density at radius 1 is 0.939 bits per heavy atom. The van der Waals surface area contributed by atoms with Gasteiger partial charge in [-0.15, -0.1) is 0 Å². The van der Waals surface area contributed by atoms with E-state index in [-0.39, 0.29) is 11.9 Å². The Hall–Kier alpha value is -3.53. The molecule has 1 aliphatic heterocycles. The highest BCUT2D eigenvalue weighted by Crippen LogP contribution is 2.50. The Kier molecular flexibility index (Phi) is 5.67. The number of carbonyl (C=O) groups excluding carboxylic acids is 1. The summed E-state index contributed by atoms with van der Waals surface area (Å²) in [6.07, 6.45) is 5.67. The second-order valence-corrected chi connectivity index (χ2v) is 9.38. The van der Waals surface area contributed by atoms with Crippen molar-refractivity contribution in [2.45, 2.75) is 24.9 Å². The minimum Gasteiger partial charge on any atom is -0.378 e. The van der Waals surface area contributed by atoms with Crippen molar-refractivity contribution in [3.8, 4) is 0 Å². The quantitative estimate of drug-likeness (QED) is 0.509. The van der Waals surface area contributed by atoms with Crippen molar-refractivity contribution in [1.82, 2.24) is 4.90 Å². The molecule has 1 aliphatic carbocycles. The Balaban J connectivity index is 1.48. The third-order valence-electron chi connectivity index (χ3n) is 7.01. The van der Waals surface area contributed by atoms with E-state index in [4.69, 9.17) is 0 Å². The maximum atomic E-state index is 13.5. The van der Waals surface area contributed by atoms with Crippen LogP contribution in [0.4, 0.5) is 11.4 Å². The second kappa shape index (κ2) is 8.78. The maximum Gasteiger partial charge on any atom is 0.256 e. The number of hydrogen-bond acceptors (Lipinski definition) is 3. The van der Waals surface area contributed by atoms with Crippen molar-refractivity contribution in [3.63, 3.8) is 0 Å². The van der Waals surface area contributed by atoms with E-state index in [1.165, 1.54) is 16.8 Å². The lowest BCUT2D eigenvalue weighted by Crippen LogP contribution is -2.32. The van der Waals surface area contributed by atoms with Gasteiger partial charge in [-0.2, -0.15) is 0 Å². The predicted octanol–water partition coefficient (Wildman–Crippen LogP) is 5.85. The first-order chi connectivity index (χ1) is 16.0. The van der Waals surface area contributed by atoms with Gasteiger partial charge in [0.2, 0.25) is 0 Å². The molecule has 0 spiro atoms. The van der Waals surface area contributed by atoms with Gasteiger partial charge in [-0.1, -0.05) is 66.7 Å². The van der Waals surface area contributed by atoms with Gasteiger partial charge in [-0.25, -0.2) is 0 Å². The number of benzene rings is 3. The number of amides is 1. The SMILES string of the molecule is CN(Cc1ccccc1)C(=O)c1cccc2c1NC(c1ccc(N(C)C)cc1)C1CC=CC21. The number of para-hydroxylation sites is 1. The fourth-order valence-corrected chi connectivity index (χ4v) is 5.24. The van der Waals surface area contributed by atoms with Gasteiger partial charge >= 0.3 is 0 Å². The van der Waals surface area contributed by atoms with E-state index >= 15 is 0 Å². The molecule has 4 nitrogen and oxygen atoms in total. The number of allylic oxidation sites excluding steroid dienone is 2. The molecule has 3 atom stereocenters. The highest BCUT2D eigenvalue weighted by molar-refractivity contribution is 6.00. The molecule has 1 N–H and O–H groups in total. The zero-order valence-electron chi connectivity index (χ0n) is 19.5. The van der Waals surface area contributed by atoms with E-state index in [0.29, 0.717) is 18.4 Å². The molecule has 0 saturated carbocycles. The highest BCUT2D eigenvalue weighted by atomic mass is 16.2. The number of fused-ring (bicyclic) bond motifs is 3. The predicted molar refractivity (Wildman–Crippen MR) is 136 cm³/mol. The lowest BCUT2D eigenvalue weighted by Gasteiger charge is -2.38. The zero-order valence-corrected chi connectivity index (χ0v) is 19.5. The summed E-state index contributed by atoms with van der Waals surface area (Å²) in [6.45, 7) is 0.588. The third-order valence-corrected chi connectivity index (χ3v) is 7.01. The van der Waals surface area contributed by atoms with Crippen molar-refractivity contribution in [3.05, 3.63) is 107 Å². The van der Waals surface area contributed by atoms with Crippen LogP contribution in [0, 0.1) is 5.92 Å². The molecule has 1 amide bonds. The number of hydrogen-bond donors (Lipinski definition) is 1. The third kappa shape index (κ3) is 4.02. The molecule has 0 saturated heterocycles. The van der Waals surface area contributed by atoms with E-state index in [9.17, 15) is 4.79 Å². The monoisotopic (exact) mass is 437 g/mol. The van der Waals surface area contributed by atoms with Crippen LogP contribution in [-0.4, -0.2) is 32.0 Å². The Bertz CT molecular complexity index is 1170. The largest absolute Gasteiger partial charge is 0.378 e. The molecule has 3 unspecified atom stereocenters. The topological polar surface area (TPSA) is 35.6 Å². The van der Waals surface area contributed by atoms with E-state index in [1.807, 2.05) is 42.3 Å². The fraction of sp³-hybridized carbons (Fsp3) is 0.276. The van der Waals surface area contributed by atoms with Crippen LogP contribution in [0.5, 0.6) is 0 Å². The summed E-state index contributed by atoms with van der Waals surface area (Å²) >= 11 is 0. The fourth-order valence-electron chi connectivity index (χ4n) is 5.24. The van der Waals surface area contributed by atoms with E-state index in [2.05, 4.69) is 78.9 Å². The Morgan fingerprint density at radius 3 is 2.42 bits per heavy atom. The van der Waals surface area contributed by atoms with E-state index in [0.717, 1.165) is 23.2 Å². The van der Waals surface area contributed by atoms with Crippen molar-refractivity contribution in [2.24, 2.45) is 5.92 Å². The summed E-state index contributed by atoms with van der Waals surface area (Å²) < 4.78 is 0. The molecule has 33 heavy (non-hydrogen) atoms. The van der Waals surface area contributed by atoms with Crippen LogP contribution >= 0.6 is 0 Å². The van der Waals surface area contributed by atoms with Gasteiger partial charge in [0.1, 0.15) is 0 Å². The van der Waals surface area contributed by atoms with Gasteiger partial charge in [0, 0.05) is 39.3 Å². The number of carbonyl (C=O) groups is 1. The molecule has 0 aromatic heterocycles. The van der Waals surface area contributed by atoms with Gasteiger partial charge < -0.3 is 15.1 Å². The first-order valence-corrected chi connectivity index (χ1v) is 11.7. The lowest BCUT2D eigenvalue weighted by molar-refractivity contribution is 0.0785. The first-order valence-electron chi connectivity index (χ1n) is 11.7. The smallest absolute Gasteiger partial charge is 0.256 e. The van der Waals surface area contributed by atoms with Crippen molar-refractivity contribution < 1.29 is 4.79 Å². The average Bonchev–Trinajstić information content (AvgIpc) is 3.34. The summed E-state index contributed by atoms with van der Waals surface area (Å²) in [4.78, 5) is 17.5. The van der Waals surface area contributed by atoms with Crippen LogP contribution in [0.1, 0.15) is 45.4 Å². The van der Waals surface area contributed by atoms with Gasteiger partial charge in [0.15, 0.2) is 0 Å². The van der Waals surface area contributed by atoms with Crippen LogP contribution in [0.3, 0.4) is 0 Å². The maximum absolute atomic E-state index is 13.5. The molecule has 0 fully saturated rings. The van der Waals surface area contributed by atoms with Crippen LogP contribution in [-0.2, 0) is 6.54 Å². The summed E-state index contributed by atoms with van der Waals surface area (Å²) in [7, 11) is 6.00. The first kappa shape index (κ1) is 21.3. The van der Waals surface area contributed by atoms with Crippen LogP contribution < -0.4 is 10.2 Å². The summed E-state index contributed by atoms with van der Waals surface area (Å²) in [5.74, 6) is 0.826. The van der Waals surface area contributed by atoms with E-state index in [1.54, 1.807) is 0 Å². The van der Waals surface area contributed by atoms with Crippen LogP contribution in [0.15, 0.2) is 84.9 Å². The summed E-state index contributed by atoms with van der Waals surface area (Å²) in [6, 6.07) is 25.3. The number of rotatable bonds is 5. The molecule has 2 aliphatic rings. The van der Waals surface area contributed by atoms with Crippen molar-refractivity contribution in [2.75, 3.05) is 31.4 Å². The molecule has 1 heterocycles. The zero-order chi connectivity index (χ0) is 22.9. The Labute approximate surface area is 196 Å². The molecule has 4 heteroatoms. The van der Waals surface area contributed by atoms with Gasteiger partial charge in [0.25, 0.3) is 5.91 Å². The van der Waals surface area contributed by atoms with Gasteiger partial charge in [0.05, 0.1) is 17.3 Å². The lowest BCUT2D eigenvalue weighted by atomic mass is 9.76. The Morgan fingerprint density at radius 2 is 1.70 bits per heavy atom. The summed E-state index contributed by atoms with van der Waals surface area (Å²) in [5.41, 5.74) is 6.55. The summed E-state index contributed by atoms with van der Waals surface area (Å²) in [5, 5.41) is 3.80. The van der Waals surface area contributed by atoms with E-state index < -0.39 is 0 Å². The molecule has 0 radical (unpaired) electrons. The second-order valence-electron chi connectivity index (χ2n) is 9.38. The average molecular weight is 438 g/mol. The van der Waals surface area contributed by atoms with Crippen LogP contribution in [0.25, 0.3) is 0 Å². The number of nitrogens with zero attached hydrogens (tertiary/aromatic N) is 2. The minimum atomic E-state index is 0.0466. The molecule has 3 aromatic rings. The molecular weight excluding hydrogens is 406 g/mol. The molecular formula is C29H31N3O. The number of anilines is 2. The molecule has 168 valence electrons. The van der Waals surface area contributed by atoms with Gasteiger partial charge in [-0.3, -0.25) is 4.79 Å². The number of nitrogens with one attached hydrogen (secondary N) is 1. The highest BCUT2D eigenvalue weighted by Gasteiger charge is 2.39. The molecule has 5 rings (SSSR count). The molecule has 0 bridgehead atoms.